The van der Waals surface area contributed by atoms with Gasteiger partial charge in [-0.1, -0.05) is 28.9 Å². The van der Waals surface area contributed by atoms with Gasteiger partial charge in [0.05, 0.1) is 12.4 Å². The standard InChI is InChI=1S/C17H14ClFN2O3S/c18-13-3-1-2-12(10-13)17-20-16(24-21-17)11-25(22)9-8-23-15-6-4-14(19)5-7-15/h1-7,10H,8-9,11H2. The topological polar surface area (TPSA) is 65.2 Å². The van der Waals surface area contributed by atoms with Crippen LogP contribution in [0.5, 0.6) is 5.75 Å². The largest absolute Gasteiger partial charge is 0.493 e. The Labute approximate surface area is 151 Å². The van der Waals surface area contributed by atoms with Crippen molar-refractivity contribution in [2.45, 2.75) is 5.75 Å². The van der Waals surface area contributed by atoms with Gasteiger partial charge < -0.3 is 9.26 Å². The highest BCUT2D eigenvalue weighted by Crippen LogP contribution is 2.20. The summed E-state index contributed by atoms with van der Waals surface area (Å²) in [5, 5.41) is 4.45. The molecule has 0 aliphatic carbocycles. The predicted molar refractivity (Wildman–Crippen MR) is 93.4 cm³/mol. The molecule has 0 bridgehead atoms. The number of halogens is 2. The van der Waals surface area contributed by atoms with Gasteiger partial charge in [-0.05, 0) is 36.4 Å². The third-order valence-electron chi connectivity index (χ3n) is 3.23. The predicted octanol–water partition coefficient (Wildman–Crippen LogP) is 3.86. The Kier molecular flexibility index (Phi) is 5.78. The molecule has 0 N–H and O–H groups in total. The van der Waals surface area contributed by atoms with E-state index < -0.39 is 10.8 Å². The maximum atomic E-state index is 12.8. The van der Waals surface area contributed by atoms with E-state index in [2.05, 4.69) is 10.1 Å². The molecule has 0 aliphatic heterocycles. The highest BCUT2D eigenvalue weighted by Gasteiger charge is 2.12. The molecule has 0 radical (unpaired) electrons. The van der Waals surface area contributed by atoms with Crippen LogP contribution in [0, 0.1) is 5.82 Å². The van der Waals surface area contributed by atoms with E-state index in [1.807, 2.05) is 6.07 Å². The lowest BCUT2D eigenvalue weighted by atomic mass is 10.2. The molecule has 1 unspecified atom stereocenters. The molecule has 130 valence electrons. The molecule has 0 fully saturated rings. The number of hydrogen-bond donors (Lipinski definition) is 0. The number of nitrogens with zero attached hydrogens (tertiary/aromatic N) is 2. The molecule has 2 aromatic carbocycles. The Morgan fingerprint density at radius 1 is 1.20 bits per heavy atom. The summed E-state index contributed by atoms with van der Waals surface area (Å²) in [5.41, 5.74) is 0.730. The maximum absolute atomic E-state index is 12.8. The number of benzene rings is 2. The summed E-state index contributed by atoms with van der Waals surface area (Å²) in [6.45, 7) is 0.244. The van der Waals surface area contributed by atoms with Crippen LogP contribution in [0.1, 0.15) is 5.89 Å². The van der Waals surface area contributed by atoms with E-state index >= 15 is 0 Å². The van der Waals surface area contributed by atoms with E-state index in [1.54, 1.807) is 18.2 Å². The molecule has 0 amide bonds. The highest BCUT2D eigenvalue weighted by atomic mass is 35.5. The molecular weight excluding hydrogens is 367 g/mol. The monoisotopic (exact) mass is 380 g/mol. The fourth-order valence-corrected chi connectivity index (χ4v) is 3.05. The fraction of sp³-hybridized carbons (Fsp3) is 0.176. The van der Waals surface area contributed by atoms with Crippen LogP contribution in [0.25, 0.3) is 11.4 Å². The summed E-state index contributed by atoms with van der Waals surface area (Å²) in [5.74, 6) is 1.32. The zero-order valence-corrected chi connectivity index (χ0v) is 14.6. The zero-order valence-electron chi connectivity index (χ0n) is 13.0. The van der Waals surface area contributed by atoms with Crippen LogP contribution in [0.3, 0.4) is 0 Å². The lowest BCUT2D eigenvalue weighted by molar-refractivity contribution is 0.341. The molecular formula is C17H14ClFN2O3S. The van der Waals surface area contributed by atoms with Gasteiger partial charge in [0.25, 0.3) is 0 Å². The first kappa shape index (κ1) is 17.6. The second-order valence-electron chi connectivity index (χ2n) is 5.11. The summed E-state index contributed by atoms with van der Waals surface area (Å²) >= 11 is 5.93. The van der Waals surface area contributed by atoms with Crippen LogP contribution >= 0.6 is 11.6 Å². The van der Waals surface area contributed by atoms with Gasteiger partial charge in [-0.15, -0.1) is 0 Å². The molecule has 0 aliphatic rings. The summed E-state index contributed by atoms with van der Waals surface area (Å²) in [6, 6.07) is 12.7. The van der Waals surface area contributed by atoms with Gasteiger partial charge in [0.1, 0.15) is 17.3 Å². The van der Waals surface area contributed by atoms with Gasteiger partial charge in [-0.25, -0.2) is 4.39 Å². The number of hydrogen-bond acceptors (Lipinski definition) is 5. The van der Waals surface area contributed by atoms with Crippen molar-refractivity contribution in [2.24, 2.45) is 0 Å². The molecule has 1 aromatic heterocycles. The van der Waals surface area contributed by atoms with Crippen molar-refractivity contribution in [1.29, 1.82) is 0 Å². The summed E-state index contributed by atoms with van der Waals surface area (Å²) in [6.07, 6.45) is 0. The second kappa shape index (κ2) is 8.22. The smallest absolute Gasteiger partial charge is 0.239 e. The van der Waals surface area contributed by atoms with E-state index in [-0.39, 0.29) is 24.1 Å². The minimum Gasteiger partial charge on any atom is -0.493 e. The van der Waals surface area contributed by atoms with E-state index in [0.29, 0.717) is 22.3 Å². The van der Waals surface area contributed by atoms with Crippen molar-refractivity contribution in [3.05, 3.63) is 65.3 Å². The van der Waals surface area contributed by atoms with E-state index in [4.69, 9.17) is 20.9 Å². The number of ether oxygens (including phenoxy) is 1. The molecule has 3 rings (SSSR count). The van der Waals surface area contributed by atoms with Gasteiger partial charge >= 0.3 is 0 Å². The Hall–Kier alpha value is -2.25. The van der Waals surface area contributed by atoms with E-state index in [1.165, 1.54) is 24.3 Å². The summed E-state index contributed by atoms with van der Waals surface area (Å²) in [7, 11) is -1.22. The Morgan fingerprint density at radius 2 is 2.00 bits per heavy atom. The lowest BCUT2D eigenvalue weighted by Gasteiger charge is -2.05. The normalized spacial score (nSPS) is 12.1. The minimum atomic E-state index is -1.22. The van der Waals surface area contributed by atoms with Crippen LogP contribution in [-0.2, 0) is 16.6 Å². The third-order valence-corrected chi connectivity index (χ3v) is 4.65. The molecule has 25 heavy (non-hydrogen) atoms. The van der Waals surface area contributed by atoms with Crippen molar-refractivity contribution >= 4 is 22.4 Å². The average molecular weight is 381 g/mol. The molecule has 5 nitrogen and oxygen atoms in total. The fourth-order valence-electron chi connectivity index (χ4n) is 2.05. The molecule has 1 heterocycles. The van der Waals surface area contributed by atoms with Crippen molar-refractivity contribution in [2.75, 3.05) is 12.4 Å². The molecule has 0 spiro atoms. The van der Waals surface area contributed by atoms with Gasteiger partial charge in [-0.3, -0.25) is 4.21 Å². The average Bonchev–Trinajstić information content (AvgIpc) is 3.05. The van der Waals surface area contributed by atoms with Crippen LogP contribution < -0.4 is 4.74 Å². The van der Waals surface area contributed by atoms with E-state index in [9.17, 15) is 8.60 Å². The SMILES string of the molecule is O=S(CCOc1ccc(F)cc1)Cc1nc(-c2cccc(Cl)c2)no1. The minimum absolute atomic E-state index is 0.139. The molecule has 8 heteroatoms. The number of rotatable bonds is 7. The first-order valence-electron chi connectivity index (χ1n) is 7.42. The van der Waals surface area contributed by atoms with Crippen LogP contribution in [-0.4, -0.2) is 26.7 Å². The van der Waals surface area contributed by atoms with Crippen molar-refractivity contribution in [3.63, 3.8) is 0 Å². The molecule has 3 aromatic rings. The quantitative estimate of drug-likeness (QED) is 0.622. The lowest BCUT2D eigenvalue weighted by Crippen LogP contribution is -2.10. The Bertz CT molecular complexity index is 870. The Balaban J connectivity index is 1.50. The van der Waals surface area contributed by atoms with Crippen molar-refractivity contribution in [1.82, 2.24) is 10.1 Å². The first-order valence-corrected chi connectivity index (χ1v) is 9.28. The second-order valence-corrected chi connectivity index (χ2v) is 7.13. The number of aromatic nitrogens is 2. The van der Waals surface area contributed by atoms with Crippen LogP contribution in [0.15, 0.2) is 53.1 Å². The zero-order chi connectivity index (χ0) is 17.6. The third kappa shape index (κ3) is 5.11. The highest BCUT2D eigenvalue weighted by molar-refractivity contribution is 7.84. The van der Waals surface area contributed by atoms with Crippen LogP contribution in [0.4, 0.5) is 4.39 Å². The van der Waals surface area contributed by atoms with Gasteiger partial charge in [0, 0.05) is 21.4 Å². The van der Waals surface area contributed by atoms with Gasteiger partial charge in [0.15, 0.2) is 0 Å². The molecule has 1 atom stereocenters. The summed E-state index contributed by atoms with van der Waals surface area (Å²) in [4.78, 5) is 4.23. The summed E-state index contributed by atoms with van der Waals surface area (Å²) < 4.78 is 35.4. The van der Waals surface area contributed by atoms with Gasteiger partial charge in [0.2, 0.25) is 11.7 Å². The van der Waals surface area contributed by atoms with Crippen molar-refractivity contribution in [3.8, 4) is 17.1 Å². The maximum Gasteiger partial charge on any atom is 0.239 e. The van der Waals surface area contributed by atoms with E-state index in [0.717, 1.165) is 5.56 Å². The van der Waals surface area contributed by atoms with Crippen molar-refractivity contribution < 1.29 is 17.9 Å². The van der Waals surface area contributed by atoms with Crippen LogP contribution in [0.2, 0.25) is 5.02 Å². The first-order chi connectivity index (χ1) is 12.1. The van der Waals surface area contributed by atoms with Gasteiger partial charge in [-0.2, -0.15) is 4.98 Å². The molecule has 0 saturated carbocycles. The Morgan fingerprint density at radius 3 is 2.76 bits per heavy atom. The molecule has 0 saturated heterocycles.